The molecule has 0 bridgehead atoms. The zero-order valence-electron chi connectivity index (χ0n) is 8.28. The van der Waals surface area contributed by atoms with E-state index < -0.39 is 6.10 Å². The first kappa shape index (κ1) is 9.66. The Morgan fingerprint density at radius 1 is 1.36 bits per heavy atom. The van der Waals surface area contributed by atoms with E-state index in [-0.39, 0.29) is 11.7 Å². The molecular weight excluding hydrogens is 179 g/mol. The number of hydrogen-bond donors (Lipinski definition) is 1. The summed E-state index contributed by atoms with van der Waals surface area (Å²) >= 11 is 0. The molecule has 1 N–H and O–H groups in total. The number of aliphatic hydroxyl groups excluding tert-OH is 1. The zero-order valence-corrected chi connectivity index (χ0v) is 8.28. The molecule has 0 saturated heterocycles. The van der Waals surface area contributed by atoms with Crippen LogP contribution in [-0.4, -0.2) is 5.11 Å². The lowest BCUT2D eigenvalue weighted by atomic mass is 9.93. The van der Waals surface area contributed by atoms with E-state index in [1.54, 1.807) is 18.2 Å². The largest absolute Gasteiger partial charge is 0.388 e. The smallest absolute Gasteiger partial charge is 0.129 e. The molecule has 1 nitrogen and oxygen atoms in total. The third kappa shape index (κ3) is 1.80. The zero-order chi connectivity index (χ0) is 10.1. The van der Waals surface area contributed by atoms with Gasteiger partial charge < -0.3 is 5.11 Å². The Labute approximate surface area is 83.6 Å². The number of halogens is 1. The van der Waals surface area contributed by atoms with Crippen molar-refractivity contribution in [3.63, 3.8) is 0 Å². The van der Waals surface area contributed by atoms with Crippen LogP contribution in [0.2, 0.25) is 0 Å². The molecule has 1 saturated carbocycles. The summed E-state index contributed by atoms with van der Waals surface area (Å²) in [7, 11) is 0. The first-order chi connectivity index (χ1) is 6.70. The van der Waals surface area contributed by atoms with Crippen LogP contribution in [-0.2, 0) is 0 Å². The Balaban J connectivity index is 2.17. The molecule has 0 aromatic heterocycles. The Bertz CT molecular complexity index is 320. The van der Waals surface area contributed by atoms with Crippen molar-refractivity contribution in [2.45, 2.75) is 25.9 Å². The van der Waals surface area contributed by atoms with Crippen LogP contribution in [0, 0.1) is 17.7 Å². The monoisotopic (exact) mass is 194 g/mol. The Hall–Kier alpha value is -0.890. The van der Waals surface area contributed by atoms with Gasteiger partial charge in [-0.1, -0.05) is 25.1 Å². The van der Waals surface area contributed by atoms with Gasteiger partial charge in [-0.2, -0.15) is 0 Å². The molecule has 1 fully saturated rings. The molecular formula is C12H15FO. The third-order valence-electron chi connectivity index (χ3n) is 3.09. The molecule has 1 aliphatic carbocycles. The molecule has 0 heterocycles. The maximum Gasteiger partial charge on any atom is 0.129 e. The summed E-state index contributed by atoms with van der Waals surface area (Å²) < 4.78 is 13.3. The molecule has 1 aromatic rings. The van der Waals surface area contributed by atoms with Gasteiger partial charge in [-0.3, -0.25) is 0 Å². The fraction of sp³-hybridized carbons (Fsp3) is 0.500. The van der Waals surface area contributed by atoms with Crippen molar-refractivity contribution >= 4 is 0 Å². The molecule has 0 aliphatic heterocycles. The van der Waals surface area contributed by atoms with Gasteiger partial charge >= 0.3 is 0 Å². The topological polar surface area (TPSA) is 20.2 Å². The lowest BCUT2D eigenvalue weighted by Crippen LogP contribution is -2.12. The summed E-state index contributed by atoms with van der Waals surface area (Å²) in [6.45, 7) is 1.99. The van der Waals surface area contributed by atoms with Gasteiger partial charge in [0.05, 0.1) is 6.10 Å². The molecule has 2 heteroatoms. The molecule has 14 heavy (non-hydrogen) atoms. The molecule has 0 spiro atoms. The Morgan fingerprint density at radius 2 is 2.00 bits per heavy atom. The molecule has 0 amide bonds. The number of hydrogen-bond acceptors (Lipinski definition) is 1. The number of rotatable bonds is 3. The van der Waals surface area contributed by atoms with Gasteiger partial charge in [0.15, 0.2) is 0 Å². The second kappa shape index (κ2) is 3.70. The second-order valence-electron chi connectivity index (χ2n) is 4.16. The maximum atomic E-state index is 13.3. The minimum atomic E-state index is -0.649. The van der Waals surface area contributed by atoms with Crippen LogP contribution < -0.4 is 0 Å². The highest BCUT2D eigenvalue weighted by Crippen LogP contribution is 2.42. The number of benzene rings is 1. The van der Waals surface area contributed by atoms with Crippen LogP contribution in [0.1, 0.15) is 31.4 Å². The molecule has 2 atom stereocenters. The Kier molecular flexibility index (Phi) is 2.55. The lowest BCUT2D eigenvalue weighted by Gasteiger charge is -2.18. The van der Waals surface area contributed by atoms with Gasteiger partial charge in [0, 0.05) is 5.56 Å². The minimum Gasteiger partial charge on any atom is -0.388 e. The lowest BCUT2D eigenvalue weighted by molar-refractivity contribution is 0.102. The predicted molar refractivity (Wildman–Crippen MR) is 53.2 cm³/mol. The normalized spacial score (nSPS) is 20.5. The summed E-state index contributed by atoms with van der Waals surface area (Å²) in [5.74, 6) is 0.462. The fourth-order valence-corrected chi connectivity index (χ4v) is 1.88. The molecule has 2 unspecified atom stereocenters. The van der Waals surface area contributed by atoms with Crippen LogP contribution in [0.5, 0.6) is 0 Å². The van der Waals surface area contributed by atoms with Crippen molar-refractivity contribution in [1.29, 1.82) is 0 Å². The average molecular weight is 194 g/mol. The highest BCUT2D eigenvalue weighted by atomic mass is 19.1. The van der Waals surface area contributed by atoms with E-state index >= 15 is 0 Å². The van der Waals surface area contributed by atoms with Crippen LogP contribution in [0.25, 0.3) is 0 Å². The van der Waals surface area contributed by atoms with E-state index in [1.165, 1.54) is 18.9 Å². The van der Waals surface area contributed by atoms with Gasteiger partial charge in [0.25, 0.3) is 0 Å². The molecule has 2 rings (SSSR count). The van der Waals surface area contributed by atoms with Gasteiger partial charge in [-0.25, -0.2) is 4.39 Å². The summed E-state index contributed by atoms with van der Waals surface area (Å²) in [6, 6.07) is 6.48. The van der Waals surface area contributed by atoms with Crippen LogP contribution in [0.3, 0.4) is 0 Å². The minimum absolute atomic E-state index is 0.173. The third-order valence-corrected chi connectivity index (χ3v) is 3.09. The van der Waals surface area contributed by atoms with E-state index in [2.05, 4.69) is 0 Å². The molecule has 0 radical (unpaired) electrons. The molecule has 1 aromatic carbocycles. The van der Waals surface area contributed by atoms with Crippen molar-refractivity contribution in [2.75, 3.05) is 0 Å². The maximum absolute atomic E-state index is 13.3. The summed E-state index contributed by atoms with van der Waals surface area (Å²) in [4.78, 5) is 0. The van der Waals surface area contributed by atoms with Gasteiger partial charge in [0.1, 0.15) is 5.82 Å². The number of aliphatic hydroxyl groups is 1. The van der Waals surface area contributed by atoms with Gasteiger partial charge in [-0.15, -0.1) is 0 Å². The quantitative estimate of drug-likeness (QED) is 0.784. The van der Waals surface area contributed by atoms with Crippen LogP contribution in [0.4, 0.5) is 4.39 Å². The van der Waals surface area contributed by atoms with Crippen molar-refractivity contribution in [1.82, 2.24) is 0 Å². The Morgan fingerprint density at radius 3 is 2.57 bits per heavy atom. The SMILES string of the molecule is CC(C1CC1)C(O)c1ccccc1F. The van der Waals surface area contributed by atoms with Crippen LogP contribution in [0.15, 0.2) is 24.3 Å². The van der Waals surface area contributed by atoms with E-state index in [1.807, 2.05) is 6.92 Å². The highest BCUT2D eigenvalue weighted by Gasteiger charge is 2.33. The van der Waals surface area contributed by atoms with E-state index in [0.717, 1.165) is 0 Å². The van der Waals surface area contributed by atoms with E-state index in [0.29, 0.717) is 11.5 Å². The van der Waals surface area contributed by atoms with Crippen LogP contribution >= 0.6 is 0 Å². The molecule has 76 valence electrons. The first-order valence-electron chi connectivity index (χ1n) is 5.12. The molecule has 1 aliphatic rings. The summed E-state index contributed by atoms with van der Waals surface area (Å²) in [5, 5.41) is 9.94. The van der Waals surface area contributed by atoms with Gasteiger partial charge in [-0.05, 0) is 30.7 Å². The average Bonchev–Trinajstić information content (AvgIpc) is 3.00. The van der Waals surface area contributed by atoms with E-state index in [9.17, 15) is 9.50 Å². The van der Waals surface area contributed by atoms with E-state index in [4.69, 9.17) is 0 Å². The van der Waals surface area contributed by atoms with Crippen molar-refractivity contribution in [3.8, 4) is 0 Å². The predicted octanol–water partition coefficient (Wildman–Crippen LogP) is 2.91. The van der Waals surface area contributed by atoms with Crippen molar-refractivity contribution in [2.24, 2.45) is 11.8 Å². The van der Waals surface area contributed by atoms with Crippen molar-refractivity contribution in [3.05, 3.63) is 35.6 Å². The second-order valence-corrected chi connectivity index (χ2v) is 4.16. The first-order valence-corrected chi connectivity index (χ1v) is 5.12. The van der Waals surface area contributed by atoms with Crippen molar-refractivity contribution < 1.29 is 9.50 Å². The summed E-state index contributed by atoms with van der Waals surface area (Å²) in [6.07, 6.45) is 1.70. The standard InChI is InChI=1S/C12H15FO/c1-8(9-6-7-9)12(14)10-4-2-3-5-11(10)13/h2-5,8-9,12,14H,6-7H2,1H3. The fourth-order valence-electron chi connectivity index (χ4n) is 1.88. The van der Waals surface area contributed by atoms with Gasteiger partial charge in [0.2, 0.25) is 0 Å². The highest BCUT2D eigenvalue weighted by molar-refractivity contribution is 5.20. The summed E-state index contributed by atoms with van der Waals surface area (Å²) in [5.41, 5.74) is 0.437.